The summed E-state index contributed by atoms with van der Waals surface area (Å²) in [5.74, 6) is 0.263. The second-order valence-electron chi connectivity index (χ2n) is 10.4. The Labute approximate surface area is 228 Å². The zero-order chi connectivity index (χ0) is 27.1. The monoisotopic (exact) mass is 511 g/mol. The molecule has 1 aliphatic rings. The van der Waals surface area contributed by atoms with Crippen LogP contribution in [0.25, 0.3) is 0 Å². The molecule has 0 saturated carbocycles. The molecular formula is C33H41N3O2. The number of carbonyl (C=O) groups is 1. The number of rotatable bonds is 10. The van der Waals surface area contributed by atoms with Gasteiger partial charge in [0.2, 0.25) is 0 Å². The van der Waals surface area contributed by atoms with Crippen LogP contribution in [0.3, 0.4) is 0 Å². The lowest BCUT2D eigenvalue weighted by Gasteiger charge is -2.47. The molecule has 1 amide bonds. The van der Waals surface area contributed by atoms with Crippen LogP contribution in [0.2, 0.25) is 0 Å². The molecule has 3 aromatic rings. The van der Waals surface area contributed by atoms with Crippen molar-refractivity contribution in [2.24, 2.45) is 0 Å². The van der Waals surface area contributed by atoms with Gasteiger partial charge in [-0.15, -0.1) is 6.58 Å². The summed E-state index contributed by atoms with van der Waals surface area (Å²) in [6, 6.07) is 26.1. The van der Waals surface area contributed by atoms with Gasteiger partial charge in [-0.3, -0.25) is 14.6 Å². The summed E-state index contributed by atoms with van der Waals surface area (Å²) >= 11 is 0. The van der Waals surface area contributed by atoms with Crippen LogP contribution in [0.4, 0.5) is 5.69 Å². The number of hydrogen-bond acceptors (Lipinski definition) is 4. The maximum absolute atomic E-state index is 13.9. The van der Waals surface area contributed by atoms with E-state index in [4.69, 9.17) is 0 Å². The van der Waals surface area contributed by atoms with E-state index in [9.17, 15) is 9.90 Å². The van der Waals surface area contributed by atoms with E-state index in [1.807, 2.05) is 71.6 Å². The van der Waals surface area contributed by atoms with Crippen LogP contribution in [0.1, 0.15) is 61.1 Å². The molecule has 0 radical (unpaired) electrons. The third kappa shape index (κ3) is 6.35. The highest BCUT2D eigenvalue weighted by Gasteiger charge is 2.35. The molecule has 4 rings (SSSR count). The summed E-state index contributed by atoms with van der Waals surface area (Å²) < 4.78 is 0. The Morgan fingerprint density at radius 1 is 1.00 bits per heavy atom. The van der Waals surface area contributed by atoms with Crippen molar-refractivity contribution in [1.29, 1.82) is 0 Å². The maximum Gasteiger partial charge on any atom is 0.258 e. The fraction of sp³-hybridized carbons (Fsp3) is 0.364. The van der Waals surface area contributed by atoms with Crippen molar-refractivity contribution in [3.8, 4) is 5.75 Å². The van der Waals surface area contributed by atoms with Crippen molar-refractivity contribution in [3.05, 3.63) is 108 Å². The average molecular weight is 512 g/mol. The van der Waals surface area contributed by atoms with E-state index in [-0.39, 0.29) is 23.7 Å². The van der Waals surface area contributed by atoms with E-state index in [0.717, 1.165) is 49.3 Å². The molecule has 1 aliphatic heterocycles. The number of phenolic OH excluding ortho intramolecular Hbond substituents is 1. The Morgan fingerprint density at radius 2 is 1.71 bits per heavy atom. The predicted molar refractivity (Wildman–Crippen MR) is 157 cm³/mol. The minimum absolute atomic E-state index is 0.0124. The molecule has 0 bridgehead atoms. The van der Waals surface area contributed by atoms with Crippen molar-refractivity contribution in [1.82, 2.24) is 9.80 Å². The standard InChI is InChI=1S/C33H41N3O2/c1-5-7-20-35(30-16-9-8-10-17-30)33(38)29-15-11-13-27(21-29)32(28-14-12-18-31(37)22-28)36-24-25(3)34(19-6-2)23-26(36)4/h6,8-18,21-22,25-26,32,37H,2,5,7,19-20,23-24H2,1,3-4H3/t25-,26+,32-/m1/s1. The minimum atomic E-state index is -0.0843. The number of piperazine rings is 1. The number of phenols is 1. The van der Waals surface area contributed by atoms with Gasteiger partial charge in [-0.2, -0.15) is 0 Å². The van der Waals surface area contributed by atoms with E-state index < -0.39 is 0 Å². The minimum Gasteiger partial charge on any atom is -0.508 e. The summed E-state index contributed by atoms with van der Waals surface area (Å²) in [6.45, 7) is 13.9. The molecular weight excluding hydrogens is 470 g/mol. The number of para-hydroxylation sites is 1. The first-order chi connectivity index (χ1) is 18.4. The first-order valence-corrected chi connectivity index (χ1v) is 13.8. The Hall–Kier alpha value is -3.41. The van der Waals surface area contributed by atoms with Gasteiger partial charge in [0, 0.05) is 49.5 Å². The summed E-state index contributed by atoms with van der Waals surface area (Å²) in [7, 11) is 0. The number of nitrogens with zero attached hydrogens (tertiary/aromatic N) is 3. The van der Waals surface area contributed by atoms with E-state index in [0.29, 0.717) is 18.2 Å². The number of hydrogen-bond donors (Lipinski definition) is 1. The van der Waals surface area contributed by atoms with E-state index in [2.05, 4.69) is 49.3 Å². The molecule has 200 valence electrons. The molecule has 0 unspecified atom stereocenters. The first-order valence-electron chi connectivity index (χ1n) is 13.8. The predicted octanol–water partition coefficient (Wildman–Crippen LogP) is 6.51. The molecule has 0 aromatic heterocycles. The fourth-order valence-electron chi connectivity index (χ4n) is 5.54. The molecule has 38 heavy (non-hydrogen) atoms. The second kappa shape index (κ2) is 12.9. The molecule has 0 aliphatic carbocycles. The smallest absolute Gasteiger partial charge is 0.258 e. The number of anilines is 1. The molecule has 5 heteroatoms. The Bertz CT molecular complexity index is 1210. The summed E-state index contributed by atoms with van der Waals surface area (Å²) in [5.41, 5.74) is 3.68. The quantitative estimate of drug-likeness (QED) is 0.315. The third-order valence-corrected chi connectivity index (χ3v) is 7.54. The fourth-order valence-corrected chi connectivity index (χ4v) is 5.54. The maximum atomic E-state index is 13.9. The lowest BCUT2D eigenvalue weighted by atomic mass is 9.92. The van der Waals surface area contributed by atoms with Crippen LogP contribution < -0.4 is 4.90 Å². The van der Waals surface area contributed by atoms with Gasteiger partial charge in [-0.25, -0.2) is 0 Å². The van der Waals surface area contributed by atoms with Gasteiger partial charge < -0.3 is 10.0 Å². The number of unbranched alkanes of at least 4 members (excludes halogenated alkanes) is 1. The van der Waals surface area contributed by atoms with E-state index >= 15 is 0 Å². The molecule has 1 saturated heterocycles. The molecule has 3 atom stereocenters. The van der Waals surface area contributed by atoms with Crippen molar-refractivity contribution in [2.75, 3.05) is 31.1 Å². The van der Waals surface area contributed by atoms with Crippen LogP contribution in [-0.4, -0.2) is 59.1 Å². The average Bonchev–Trinajstić information content (AvgIpc) is 2.92. The van der Waals surface area contributed by atoms with Crippen LogP contribution in [-0.2, 0) is 0 Å². The van der Waals surface area contributed by atoms with Gasteiger partial charge in [0.25, 0.3) is 5.91 Å². The topological polar surface area (TPSA) is 47.0 Å². The van der Waals surface area contributed by atoms with E-state index in [1.54, 1.807) is 6.07 Å². The number of carbonyl (C=O) groups excluding carboxylic acids is 1. The molecule has 5 nitrogen and oxygen atoms in total. The molecule has 1 fully saturated rings. The molecule has 1 heterocycles. The summed E-state index contributed by atoms with van der Waals surface area (Å²) in [5, 5.41) is 10.4. The highest BCUT2D eigenvalue weighted by atomic mass is 16.3. The van der Waals surface area contributed by atoms with Crippen LogP contribution in [0, 0.1) is 0 Å². The largest absolute Gasteiger partial charge is 0.508 e. The summed E-state index contributed by atoms with van der Waals surface area (Å²) in [6.07, 6.45) is 3.93. The lowest BCUT2D eigenvalue weighted by Crippen LogP contribution is -2.57. The Kier molecular flexibility index (Phi) is 9.38. The zero-order valence-corrected chi connectivity index (χ0v) is 23.0. The van der Waals surface area contributed by atoms with Crippen molar-refractivity contribution in [2.45, 2.75) is 51.7 Å². The van der Waals surface area contributed by atoms with Crippen LogP contribution >= 0.6 is 0 Å². The van der Waals surface area contributed by atoms with Gasteiger partial charge in [0.15, 0.2) is 0 Å². The van der Waals surface area contributed by atoms with Crippen molar-refractivity contribution in [3.63, 3.8) is 0 Å². The van der Waals surface area contributed by atoms with Crippen LogP contribution in [0.15, 0.2) is 91.5 Å². The molecule has 3 aromatic carbocycles. The van der Waals surface area contributed by atoms with Gasteiger partial charge in [0.05, 0.1) is 6.04 Å². The number of amides is 1. The summed E-state index contributed by atoms with van der Waals surface area (Å²) in [4.78, 5) is 20.7. The van der Waals surface area contributed by atoms with Crippen molar-refractivity contribution >= 4 is 11.6 Å². The van der Waals surface area contributed by atoms with Gasteiger partial charge >= 0.3 is 0 Å². The highest BCUT2D eigenvalue weighted by molar-refractivity contribution is 6.06. The first kappa shape index (κ1) is 27.6. The van der Waals surface area contributed by atoms with Gasteiger partial charge in [0.1, 0.15) is 5.75 Å². The van der Waals surface area contributed by atoms with Gasteiger partial charge in [-0.1, -0.05) is 61.9 Å². The zero-order valence-electron chi connectivity index (χ0n) is 23.0. The number of aromatic hydroxyl groups is 1. The molecule has 0 spiro atoms. The van der Waals surface area contributed by atoms with Gasteiger partial charge in [-0.05, 0) is 67.8 Å². The van der Waals surface area contributed by atoms with Crippen molar-refractivity contribution < 1.29 is 9.90 Å². The molecule has 1 N–H and O–H groups in total. The highest BCUT2D eigenvalue weighted by Crippen LogP contribution is 2.35. The van der Waals surface area contributed by atoms with Crippen LogP contribution in [0.5, 0.6) is 5.75 Å². The van der Waals surface area contributed by atoms with E-state index in [1.165, 1.54) is 0 Å². The SMILES string of the molecule is C=CCN1C[C@H](C)N([C@@H](c2cccc(O)c2)c2cccc(C(=O)N(CCCC)c3ccccc3)c2)C[C@H]1C. The second-order valence-corrected chi connectivity index (χ2v) is 10.4. The third-order valence-electron chi connectivity index (χ3n) is 7.54. The Balaban J connectivity index is 1.72. The number of benzene rings is 3. The Morgan fingerprint density at radius 3 is 2.39 bits per heavy atom. The lowest BCUT2D eigenvalue weighted by molar-refractivity contribution is 0.0306. The normalized spacial score (nSPS) is 19.1.